The molecular weight excluding hydrogens is 233 g/mol. The molecule has 1 nitrogen and oxygen atoms in total. The van der Waals surface area contributed by atoms with Gasteiger partial charge in [0, 0.05) is 10.0 Å². The Bertz CT molecular complexity index is 323. The van der Waals surface area contributed by atoms with E-state index in [0.717, 1.165) is 10.0 Å². The van der Waals surface area contributed by atoms with E-state index in [2.05, 4.69) is 22.5 Å². The highest BCUT2D eigenvalue weighted by molar-refractivity contribution is 9.10. The molecule has 0 radical (unpaired) electrons. The zero-order valence-electron chi connectivity index (χ0n) is 7.19. The fraction of sp³-hybridized carbons (Fsp3) is 0.200. The van der Waals surface area contributed by atoms with Crippen LogP contribution in [0.3, 0.4) is 0 Å². The molecule has 0 aliphatic rings. The van der Waals surface area contributed by atoms with Crippen molar-refractivity contribution in [3.8, 4) is 0 Å². The van der Waals surface area contributed by atoms with E-state index in [1.807, 2.05) is 0 Å². The first kappa shape index (κ1) is 10.4. The van der Waals surface area contributed by atoms with Crippen LogP contribution < -0.4 is 5.73 Å². The first-order valence-corrected chi connectivity index (χ1v) is 4.77. The van der Waals surface area contributed by atoms with E-state index >= 15 is 0 Å². The lowest BCUT2D eigenvalue weighted by molar-refractivity contribution is 0.622. The van der Waals surface area contributed by atoms with Gasteiger partial charge in [0.15, 0.2) is 0 Å². The van der Waals surface area contributed by atoms with Crippen LogP contribution in [0.25, 0.3) is 5.57 Å². The maximum Gasteiger partial charge on any atom is 0.131 e. The molecular formula is C10H11BrFN. The third kappa shape index (κ3) is 2.64. The van der Waals surface area contributed by atoms with Crippen LogP contribution in [0.5, 0.6) is 0 Å². The van der Waals surface area contributed by atoms with Crippen molar-refractivity contribution in [1.82, 2.24) is 0 Å². The molecule has 0 aliphatic heterocycles. The molecule has 0 aliphatic carbocycles. The molecule has 0 amide bonds. The van der Waals surface area contributed by atoms with E-state index < -0.39 is 0 Å². The number of benzene rings is 1. The lowest BCUT2D eigenvalue weighted by Gasteiger charge is -2.05. The van der Waals surface area contributed by atoms with Crippen LogP contribution in [0.2, 0.25) is 0 Å². The molecule has 0 atom stereocenters. The Morgan fingerprint density at radius 3 is 2.77 bits per heavy atom. The summed E-state index contributed by atoms with van der Waals surface area (Å²) in [5.41, 5.74) is 6.65. The van der Waals surface area contributed by atoms with Gasteiger partial charge in [-0.05, 0) is 30.7 Å². The maximum atomic E-state index is 13.3. The first-order chi connectivity index (χ1) is 6.15. The predicted octanol–water partition coefficient (Wildman–Crippen LogP) is 2.95. The van der Waals surface area contributed by atoms with Gasteiger partial charge in [0.25, 0.3) is 0 Å². The van der Waals surface area contributed by atoms with E-state index in [-0.39, 0.29) is 5.82 Å². The third-order valence-electron chi connectivity index (χ3n) is 1.76. The fourth-order valence-electron chi connectivity index (χ4n) is 1.09. The molecule has 0 saturated heterocycles. The van der Waals surface area contributed by atoms with Gasteiger partial charge in [-0.15, -0.1) is 0 Å². The summed E-state index contributed by atoms with van der Waals surface area (Å²) in [5, 5.41) is 0. The van der Waals surface area contributed by atoms with E-state index in [9.17, 15) is 4.39 Å². The Morgan fingerprint density at radius 1 is 1.54 bits per heavy atom. The molecule has 2 N–H and O–H groups in total. The Kier molecular flexibility index (Phi) is 3.63. The Labute approximate surface area is 85.6 Å². The van der Waals surface area contributed by atoms with Crippen LogP contribution >= 0.6 is 15.9 Å². The molecule has 0 spiro atoms. The summed E-state index contributed by atoms with van der Waals surface area (Å²) >= 11 is 3.19. The highest BCUT2D eigenvalue weighted by atomic mass is 79.9. The van der Waals surface area contributed by atoms with Gasteiger partial charge in [0.2, 0.25) is 0 Å². The van der Waals surface area contributed by atoms with Gasteiger partial charge >= 0.3 is 0 Å². The molecule has 1 aromatic rings. The number of hydrogen-bond donors (Lipinski definition) is 1. The smallest absolute Gasteiger partial charge is 0.131 e. The van der Waals surface area contributed by atoms with Gasteiger partial charge in [-0.3, -0.25) is 0 Å². The van der Waals surface area contributed by atoms with Gasteiger partial charge < -0.3 is 5.73 Å². The normalized spacial score (nSPS) is 10.1. The van der Waals surface area contributed by atoms with Crippen molar-refractivity contribution in [2.75, 3.05) is 6.54 Å². The molecule has 3 heteroatoms. The van der Waals surface area contributed by atoms with E-state index in [1.54, 1.807) is 12.1 Å². The molecule has 70 valence electrons. The zero-order chi connectivity index (χ0) is 9.84. The van der Waals surface area contributed by atoms with Crippen molar-refractivity contribution < 1.29 is 4.39 Å². The zero-order valence-corrected chi connectivity index (χ0v) is 8.77. The lowest BCUT2D eigenvalue weighted by Crippen LogP contribution is -2.00. The largest absolute Gasteiger partial charge is 0.330 e. The summed E-state index contributed by atoms with van der Waals surface area (Å²) in [5.74, 6) is -0.257. The molecule has 0 saturated carbocycles. The number of rotatable bonds is 3. The topological polar surface area (TPSA) is 26.0 Å². The SMILES string of the molecule is C=C(CCN)c1ccc(Br)cc1F. The number of hydrogen-bond acceptors (Lipinski definition) is 1. The maximum absolute atomic E-state index is 13.3. The van der Waals surface area contributed by atoms with Crippen LogP contribution in [0, 0.1) is 5.82 Å². The molecule has 0 heterocycles. The van der Waals surface area contributed by atoms with Crippen molar-refractivity contribution in [3.63, 3.8) is 0 Å². The first-order valence-electron chi connectivity index (χ1n) is 3.98. The van der Waals surface area contributed by atoms with Crippen molar-refractivity contribution in [2.45, 2.75) is 6.42 Å². The van der Waals surface area contributed by atoms with Crippen molar-refractivity contribution >= 4 is 21.5 Å². The second kappa shape index (κ2) is 4.53. The summed E-state index contributed by atoms with van der Waals surface area (Å²) in [7, 11) is 0. The van der Waals surface area contributed by atoms with Crippen LogP contribution in [-0.2, 0) is 0 Å². The quantitative estimate of drug-likeness (QED) is 0.869. The van der Waals surface area contributed by atoms with Gasteiger partial charge in [0.05, 0.1) is 0 Å². The second-order valence-electron chi connectivity index (χ2n) is 2.77. The van der Waals surface area contributed by atoms with Crippen LogP contribution in [0.4, 0.5) is 4.39 Å². The van der Waals surface area contributed by atoms with E-state index in [4.69, 9.17) is 5.73 Å². The van der Waals surface area contributed by atoms with E-state index in [0.29, 0.717) is 18.5 Å². The number of halogens is 2. The summed E-state index contributed by atoms with van der Waals surface area (Å²) in [4.78, 5) is 0. The van der Waals surface area contributed by atoms with E-state index in [1.165, 1.54) is 6.07 Å². The van der Waals surface area contributed by atoms with Crippen LogP contribution in [0.15, 0.2) is 29.3 Å². The van der Waals surface area contributed by atoms with Gasteiger partial charge in [-0.2, -0.15) is 0 Å². The molecule has 0 unspecified atom stereocenters. The standard InChI is InChI=1S/C10H11BrFN/c1-7(4-5-13)9-3-2-8(11)6-10(9)12/h2-3,6H,1,4-5,13H2. The summed E-state index contributed by atoms with van der Waals surface area (Å²) in [6, 6.07) is 4.93. The van der Waals surface area contributed by atoms with Gasteiger partial charge in [0.1, 0.15) is 5.82 Å². The molecule has 13 heavy (non-hydrogen) atoms. The fourth-order valence-corrected chi connectivity index (χ4v) is 1.42. The minimum Gasteiger partial charge on any atom is -0.330 e. The van der Waals surface area contributed by atoms with Crippen molar-refractivity contribution in [1.29, 1.82) is 0 Å². The molecule has 1 aromatic carbocycles. The Balaban J connectivity index is 2.95. The highest BCUT2D eigenvalue weighted by Crippen LogP contribution is 2.22. The summed E-state index contributed by atoms with van der Waals surface area (Å²) < 4.78 is 14.0. The van der Waals surface area contributed by atoms with Crippen molar-refractivity contribution in [3.05, 3.63) is 40.6 Å². The minimum absolute atomic E-state index is 0.257. The summed E-state index contributed by atoms with van der Waals surface area (Å²) in [6.07, 6.45) is 0.624. The third-order valence-corrected chi connectivity index (χ3v) is 2.25. The Hall–Kier alpha value is -0.670. The monoisotopic (exact) mass is 243 g/mol. The molecule has 1 rings (SSSR count). The number of nitrogens with two attached hydrogens (primary N) is 1. The van der Waals surface area contributed by atoms with Crippen molar-refractivity contribution in [2.24, 2.45) is 5.73 Å². The van der Waals surface area contributed by atoms with Gasteiger partial charge in [-0.25, -0.2) is 4.39 Å². The molecule has 0 aromatic heterocycles. The highest BCUT2D eigenvalue weighted by Gasteiger charge is 2.05. The van der Waals surface area contributed by atoms with Crippen LogP contribution in [0.1, 0.15) is 12.0 Å². The second-order valence-corrected chi connectivity index (χ2v) is 3.68. The summed E-state index contributed by atoms with van der Waals surface area (Å²) in [6.45, 7) is 4.26. The predicted molar refractivity (Wildman–Crippen MR) is 56.8 cm³/mol. The average molecular weight is 244 g/mol. The Morgan fingerprint density at radius 2 is 2.23 bits per heavy atom. The van der Waals surface area contributed by atoms with Gasteiger partial charge in [-0.1, -0.05) is 28.6 Å². The minimum atomic E-state index is -0.257. The van der Waals surface area contributed by atoms with Crippen LogP contribution in [-0.4, -0.2) is 6.54 Å². The molecule has 0 fully saturated rings. The average Bonchev–Trinajstić information content (AvgIpc) is 2.04. The lowest BCUT2D eigenvalue weighted by atomic mass is 10.0. The molecule has 0 bridgehead atoms.